The molecule has 1 aliphatic carbocycles. The number of hydrogen-bond acceptors (Lipinski definition) is 2. The molecule has 0 aromatic heterocycles. The van der Waals surface area contributed by atoms with Crippen LogP contribution >= 0.6 is 0 Å². The van der Waals surface area contributed by atoms with Crippen molar-refractivity contribution >= 4 is 5.91 Å². The number of amides is 1. The average Bonchev–Trinajstić information content (AvgIpc) is 2.56. The minimum atomic E-state index is -0.570. The number of carbonyl (C=O) groups excluding carboxylic acids is 1. The van der Waals surface area contributed by atoms with Crippen LogP contribution in [0.4, 0.5) is 0 Å². The molecule has 0 aliphatic heterocycles. The van der Waals surface area contributed by atoms with E-state index in [9.17, 15) is 9.90 Å². The Labute approximate surface area is 95.5 Å². The fraction of sp³-hybridized carbons (Fsp3) is 0.462. The van der Waals surface area contributed by atoms with Gasteiger partial charge in [0.1, 0.15) is 0 Å². The van der Waals surface area contributed by atoms with Crippen molar-refractivity contribution in [1.82, 2.24) is 5.32 Å². The third-order valence-corrected chi connectivity index (χ3v) is 3.05. The molecule has 0 heterocycles. The van der Waals surface area contributed by atoms with Crippen molar-refractivity contribution in [3.8, 4) is 0 Å². The Bertz CT molecular complexity index is 401. The van der Waals surface area contributed by atoms with Crippen molar-refractivity contribution in [3.63, 3.8) is 0 Å². The van der Waals surface area contributed by atoms with Gasteiger partial charge in [-0.3, -0.25) is 4.79 Å². The number of carbonyl (C=O) groups is 1. The summed E-state index contributed by atoms with van der Waals surface area (Å²) in [5, 5.41) is 12.9. The first-order chi connectivity index (χ1) is 7.59. The lowest BCUT2D eigenvalue weighted by atomic mass is 10.1. The minimum Gasteiger partial charge on any atom is -0.386 e. The standard InChI is InChI=1S/C13H17NO2/c1-8(2)13(16)14-11-7-9-5-3-4-6-10(9)12(11)15/h3-6,8,11-12,15H,7H2,1-2H3,(H,14,16). The van der Waals surface area contributed by atoms with E-state index in [1.807, 2.05) is 38.1 Å². The summed E-state index contributed by atoms with van der Waals surface area (Å²) in [6, 6.07) is 7.61. The minimum absolute atomic E-state index is 0.00291. The summed E-state index contributed by atoms with van der Waals surface area (Å²) in [4.78, 5) is 11.6. The van der Waals surface area contributed by atoms with E-state index in [1.54, 1.807) is 0 Å². The van der Waals surface area contributed by atoms with Gasteiger partial charge in [-0.05, 0) is 17.5 Å². The third kappa shape index (κ3) is 1.95. The Morgan fingerprint density at radius 2 is 2.12 bits per heavy atom. The van der Waals surface area contributed by atoms with Gasteiger partial charge in [0.05, 0.1) is 12.1 Å². The maximum Gasteiger partial charge on any atom is 0.222 e. The number of hydrogen-bond donors (Lipinski definition) is 2. The monoisotopic (exact) mass is 219 g/mol. The molecular weight excluding hydrogens is 202 g/mol. The zero-order chi connectivity index (χ0) is 11.7. The van der Waals surface area contributed by atoms with Crippen LogP contribution < -0.4 is 5.32 Å². The van der Waals surface area contributed by atoms with Crippen LogP contribution in [-0.4, -0.2) is 17.1 Å². The van der Waals surface area contributed by atoms with E-state index < -0.39 is 6.10 Å². The molecule has 1 amide bonds. The Hall–Kier alpha value is -1.35. The molecule has 3 nitrogen and oxygen atoms in total. The molecule has 2 atom stereocenters. The van der Waals surface area contributed by atoms with Gasteiger partial charge in [0.2, 0.25) is 5.91 Å². The molecule has 2 rings (SSSR count). The van der Waals surface area contributed by atoms with Crippen molar-refractivity contribution in [2.75, 3.05) is 0 Å². The summed E-state index contributed by atoms with van der Waals surface area (Å²) in [5.41, 5.74) is 2.07. The van der Waals surface area contributed by atoms with E-state index in [4.69, 9.17) is 0 Å². The zero-order valence-corrected chi connectivity index (χ0v) is 9.60. The number of aliphatic hydroxyl groups excluding tert-OH is 1. The van der Waals surface area contributed by atoms with Crippen molar-refractivity contribution in [1.29, 1.82) is 0 Å². The zero-order valence-electron chi connectivity index (χ0n) is 9.60. The Balaban J connectivity index is 2.10. The van der Waals surface area contributed by atoms with Crippen LogP contribution in [0.15, 0.2) is 24.3 Å². The predicted octanol–water partition coefficient (Wildman–Crippen LogP) is 1.42. The highest BCUT2D eigenvalue weighted by Gasteiger charge is 2.31. The second-order valence-electron chi connectivity index (χ2n) is 4.62. The molecule has 1 aromatic rings. The summed E-state index contributed by atoms with van der Waals surface area (Å²) in [6.07, 6.45) is 0.148. The van der Waals surface area contributed by atoms with E-state index >= 15 is 0 Å². The summed E-state index contributed by atoms with van der Waals surface area (Å²) in [5.74, 6) is -0.0484. The number of rotatable bonds is 2. The van der Waals surface area contributed by atoms with E-state index in [2.05, 4.69) is 5.32 Å². The van der Waals surface area contributed by atoms with Crippen molar-refractivity contribution in [3.05, 3.63) is 35.4 Å². The van der Waals surface area contributed by atoms with Crippen LogP contribution in [0.1, 0.15) is 31.1 Å². The van der Waals surface area contributed by atoms with Crippen LogP contribution in [0.5, 0.6) is 0 Å². The SMILES string of the molecule is CC(C)C(=O)NC1Cc2ccccc2C1O. The molecule has 1 aromatic carbocycles. The first-order valence-corrected chi connectivity index (χ1v) is 5.66. The highest BCUT2D eigenvalue weighted by atomic mass is 16.3. The van der Waals surface area contributed by atoms with Gasteiger partial charge in [0.25, 0.3) is 0 Å². The molecule has 2 unspecified atom stereocenters. The molecule has 0 saturated heterocycles. The quantitative estimate of drug-likeness (QED) is 0.790. The lowest BCUT2D eigenvalue weighted by molar-refractivity contribution is -0.125. The van der Waals surface area contributed by atoms with Gasteiger partial charge in [0.15, 0.2) is 0 Å². The van der Waals surface area contributed by atoms with Gasteiger partial charge in [0, 0.05) is 5.92 Å². The molecule has 0 spiro atoms. The summed E-state index contributed by atoms with van der Waals surface area (Å²) in [7, 11) is 0. The first kappa shape index (κ1) is 11.1. The molecule has 0 saturated carbocycles. The number of aliphatic hydroxyl groups is 1. The molecule has 1 aliphatic rings. The van der Waals surface area contributed by atoms with Crippen molar-refractivity contribution < 1.29 is 9.90 Å². The fourth-order valence-corrected chi connectivity index (χ4v) is 2.05. The number of benzene rings is 1. The summed E-state index contributed by atoms with van der Waals surface area (Å²) in [6.45, 7) is 3.70. The van der Waals surface area contributed by atoms with Gasteiger partial charge in [-0.25, -0.2) is 0 Å². The average molecular weight is 219 g/mol. The summed E-state index contributed by atoms with van der Waals surface area (Å²) >= 11 is 0. The van der Waals surface area contributed by atoms with Gasteiger partial charge in [-0.15, -0.1) is 0 Å². The van der Waals surface area contributed by atoms with Crippen LogP contribution in [0, 0.1) is 5.92 Å². The lowest BCUT2D eigenvalue weighted by Gasteiger charge is -2.18. The van der Waals surface area contributed by atoms with Gasteiger partial charge < -0.3 is 10.4 Å². The van der Waals surface area contributed by atoms with E-state index in [0.29, 0.717) is 0 Å². The van der Waals surface area contributed by atoms with Gasteiger partial charge in [-0.1, -0.05) is 38.1 Å². The topological polar surface area (TPSA) is 49.3 Å². The van der Waals surface area contributed by atoms with Crippen LogP contribution in [0.25, 0.3) is 0 Å². The van der Waals surface area contributed by atoms with Crippen LogP contribution in [0.2, 0.25) is 0 Å². The smallest absolute Gasteiger partial charge is 0.222 e. The number of fused-ring (bicyclic) bond motifs is 1. The van der Waals surface area contributed by atoms with Crippen molar-refractivity contribution in [2.24, 2.45) is 5.92 Å². The second-order valence-corrected chi connectivity index (χ2v) is 4.62. The van der Waals surface area contributed by atoms with Crippen molar-refractivity contribution in [2.45, 2.75) is 32.4 Å². The van der Waals surface area contributed by atoms with E-state index in [0.717, 1.165) is 17.5 Å². The fourth-order valence-electron chi connectivity index (χ4n) is 2.05. The number of nitrogens with one attached hydrogen (secondary N) is 1. The Morgan fingerprint density at radius 3 is 2.75 bits per heavy atom. The second kappa shape index (κ2) is 4.26. The Morgan fingerprint density at radius 1 is 1.44 bits per heavy atom. The van der Waals surface area contributed by atoms with Gasteiger partial charge in [-0.2, -0.15) is 0 Å². The predicted molar refractivity (Wildman–Crippen MR) is 61.9 cm³/mol. The highest BCUT2D eigenvalue weighted by Crippen LogP contribution is 2.31. The normalized spacial score (nSPS) is 23.2. The van der Waals surface area contributed by atoms with E-state index in [1.165, 1.54) is 0 Å². The molecule has 0 radical (unpaired) electrons. The summed E-state index contributed by atoms with van der Waals surface area (Å²) < 4.78 is 0. The largest absolute Gasteiger partial charge is 0.386 e. The van der Waals surface area contributed by atoms with E-state index in [-0.39, 0.29) is 17.9 Å². The molecule has 3 heteroatoms. The molecule has 16 heavy (non-hydrogen) atoms. The van der Waals surface area contributed by atoms with Crippen LogP contribution in [0.3, 0.4) is 0 Å². The maximum atomic E-state index is 11.6. The maximum absolute atomic E-state index is 11.6. The lowest BCUT2D eigenvalue weighted by Crippen LogP contribution is -2.39. The molecule has 0 fully saturated rings. The molecule has 2 N–H and O–H groups in total. The molecule has 86 valence electrons. The van der Waals surface area contributed by atoms with Gasteiger partial charge >= 0.3 is 0 Å². The Kier molecular flexibility index (Phi) is 2.97. The first-order valence-electron chi connectivity index (χ1n) is 5.66. The molecular formula is C13H17NO2. The highest BCUT2D eigenvalue weighted by molar-refractivity contribution is 5.78. The third-order valence-electron chi connectivity index (χ3n) is 3.05. The molecule has 0 bridgehead atoms. The van der Waals surface area contributed by atoms with Crippen LogP contribution in [-0.2, 0) is 11.2 Å².